The van der Waals surface area contributed by atoms with Crippen LogP contribution in [-0.2, 0) is 4.79 Å². The topological polar surface area (TPSA) is 60.9 Å². The van der Waals surface area contributed by atoms with Crippen molar-refractivity contribution in [1.29, 1.82) is 0 Å². The third-order valence-corrected chi connectivity index (χ3v) is 3.31. The molecule has 0 aliphatic carbocycles. The number of hydrogen-bond acceptors (Lipinski definition) is 2. The molecule has 0 spiro atoms. The molecule has 0 bridgehead atoms. The molecule has 0 aromatic heterocycles. The second-order valence-corrected chi connectivity index (χ2v) is 5.08. The Morgan fingerprint density at radius 1 is 1.44 bits per heavy atom. The van der Waals surface area contributed by atoms with Gasteiger partial charge in [0.1, 0.15) is 0 Å². The van der Waals surface area contributed by atoms with Crippen LogP contribution in [0.4, 0.5) is 4.79 Å². The molecule has 1 heterocycles. The van der Waals surface area contributed by atoms with Crippen molar-refractivity contribution in [1.82, 2.24) is 9.80 Å². The highest BCUT2D eigenvalue weighted by Crippen LogP contribution is 2.24. The van der Waals surface area contributed by atoms with Crippen LogP contribution in [0.3, 0.4) is 0 Å². The number of nitrogens with zero attached hydrogens (tertiary/aromatic N) is 2. The van der Waals surface area contributed by atoms with Crippen LogP contribution in [0, 0.1) is 11.8 Å². The molecular formula is C13H22N2O3. The molecule has 1 N–H and O–H groups in total. The van der Waals surface area contributed by atoms with Crippen LogP contribution in [0.2, 0.25) is 0 Å². The average molecular weight is 254 g/mol. The van der Waals surface area contributed by atoms with Gasteiger partial charge in [-0.2, -0.15) is 0 Å². The van der Waals surface area contributed by atoms with E-state index in [1.54, 1.807) is 9.80 Å². The van der Waals surface area contributed by atoms with E-state index >= 15 is 0 Å². The van der Waals surface area contributed by atoms with Crippen LogP contribution >= 0.6 is 0 Å². The summed E-state index contributed by atoms with van der Waals surface area (Å²) in [6, 6.07) is -0.0869. The van der Waals surface area contributed by atoms with Gasteiger partial charge in [-0.1, -0.05) is 19.1 Å². The SMILES string of the molecule is C=C(C)CN(CC)C(=O)N1CC(C)C(C(=O)O)C1. The lowest BCUT2D eigenvalue weighted by Gasteiger charge is -2.27. The molecule has 0 radical (unpaired) electrons. The standard InChI is InChI=1S/C13H22N2O3/c1-5-14(6-9(2)3)13(18)15-7-10(4)11(8-15)12(16)17/h10-11H,2,5-8H2,1,3-4H3,(H,16,17). The average Bonchev–Trinajstić information content (AvgIpc) is 2.67. The number of carboxylic acid groups (broad SMARTS) is 1. The summed E-state index contributed by atoms with van der Waals surface area (Å²) in [4.78, 5) is 26.6. The first kappa shape index (κ1) is 14.5. The maximum absolute atomic E-state index is 12.2. The number of hydrogen-bond donors (Lipinski definition) is 1. The lowest BCUT2D eigenvalue weighted by molar-refractivity contribution is -0.142. The van der Waals surface area contributed by atoms with Gasteiger partial charge in [-0.3, -0.25) is 4.79 Å². The Morgan fingerprint density at radius 2 is 2.06 bits per heavy atom. The lowest BCUT2D eigenvalue weighted by Crippen LogP contribution is -2.43. The predicted octanol–water partition coefficient (Wildman–Crippen LogP) is 1.66. The van der Waals surface area contributed by atoms with Crippen LogP contribution in [0.5, 0.6) is 0 Å². The number of rotatable bonds is 4. The molecule has 1 rings (SSSR count). The van der Waals surface area contributed by atoms with Gasteiger partial charge in [-0.15, -0.1) is 0 Å². The molecule has 0 aromatic rings. The van der Waals surface area contributed by atoms with E-state index in [-0.39, 0.29) is 11.9 Å². The molecule has 5 heteroatoms. The molecule has 1 fully saturated rings. The Bertz CT molecular complexity index is 354. The maximum atomic E-state index is 12.2. The van der Waals surface area contributed by atoms with Gasteiger partial charge in [0.15, 0.2) is 0 Å². The van der Waals surface area contributed by atoms with E-state index in [9.17, 15) is 9.59 Å². The second kappa shape index (κ2) is 5.89. The third-order valence-electron chi connectivity index (χ3n) is 3.31. The Labute approximate surface area is 108 Å². The monoisotopic (exact) mass is 254 g/mol. The maximum Gasteiger partial charge on any atom is 0.320 e. The summed E-state index contributed by atoms with van der Waals surface area (Å²) in [6.45, 7) is 11.4. The zero-order chi connectivity index (χ0) is 13.9. The predicted molar refractivity (Wildman–Crippen MR) is 69.3 cm³/mol. The van der Waals surface area contributed by atoms with E-state index in [1.807, 2.05) is 20.8 Å². The van der Waals surface area contributed by atoms with Gasteiger partial charge in [0, 0.05) is 26.2 Å². The Kier molecular flexibility index (Phi) is 4.76. The van der Waals surface area contributed by atoms with Gasteiger partial charge in [0.05, 0.1) is 5.92 Å². The van der Waals surface area contributed by atoms with Crippen molar-refractivity contribution in [2.45, 2.75) is 20.8 Å². The number of likely N-dealkylation sites (tertiary alicyclic amines) is 1. The van der Waals surface area contributed by atoms with Gasteiger partial charge in [-0.05, 0) is 19.8 Å². The Morgan fingerprint density at radius 3 is 2.44 bits per heavy atom. The molecular weight excluding hydrogens is 232 g/mol. The van der Waals surface area contributed by atoms with Crippen molar-refractivity contribution in [3.8, 4) is 0 Å². The zero-order valence-corrected chi connectivity index (χ0v) is 11.3. The normalized spacial score (nSPS) is 22.9. The molecule has 2 amide bonds. The Hall–Kier alpha value is -1.52. The van der Waals surface area contributed by atoms with Crippen LogP contribution in [-0.4, -0.2) is 53.1 Å². The van der Waals surface area contributed by atoms with Gasteiger partial charge < -0.3 is 14.9 Å². The third kappa shape index (κ3) is 3.24. The van der Waals surface area contributed by atoms with Crippen LogP contribution in [0.25, 0.3) is 0 Å². The quantitative estimate of drug-likeness (QED) is 0.776. The number of carboxylic acids is 1. The molecule has 2 unspecified atom stereocenters. The number of carbonyl (C=O) groups excluding carboxylic acids is 1. The summed E-state index contributed by atoms with van der Waals surface area (Å²) in [7, 11) is 0. The largest absolute Gasteiger partial charge is 0.481 e. The molecule has 2 atom stereocenters. The zero-order valence-electron chi connectivity index (χ0n) is 11.3. The van der Waals surface area contributed by atoms with Crippen molar-refractivity contribution in [2.75, 3.05) is 26.2 Å². The fraction of sp³-hybridized carbons (Fsp3) is 0.692. The first-order chi connectivity index (χ1) is 8.36. The van der Waals surface area contributed by atoms with Crippen LogP contribution < -0.4 is 0 Å². The summed E-state index contributed by atoms with van der Waals surface area (Å²) in [5.74, 6) is -1.26. The summed E-state index contributed by atoms with van der Waals surface area (Å²) in [5, 5.41) is 9.06. The molecule has 102 valence electrons. The van der Waals surface area contributed by atoms with Crippen molar-refractivity contribution < 1.29 is 14.7 Å². The highest BCUT2D eigenvalue weighted by molar-refractivity contribution is 5.78. The summed E-state index contributed by atoms with van der Waals surface area (Å²) in [5.41, 5.74) is 0.923. The number of carbonyl (C=O) groups is 2. The minimum absolute atomic E-state index is 0.00924. The minimum atomic E-state index is -0.819. The fourth-order valence-electron chi connectivity index (χ4n) is 2.28. The van der Waals surface area contributed by atoms with E-state index in [0.717, 1.165) is 5.57 Å². The molecule has 1 aliphatic rings. The number of aliphatic carboxylic acids is 1. The van der Waals surface area contributed by atoms with Crippen LogP contribution in [0.1, 0.15) is 20.8 Å². The molecule has 0 aromatic carbocycles. The van der Waals surface area contributed by atoms with Gasteiger partial charge in [-0.25, -0.2) is 4.79 Å². The summed E-state index contributed by atoms with van der Waals surface area (Å²) >= 11 is 0. The van der Waals surface area contributed by atoms with Gasteiger partial charge in [0.2, 0.25) is 0 Å². The molecule has 5 nitrogen and oxygen atoms in total. The van der Waals surface area contributed by atoms with E-state index in [1.165, 1.54) is 0 Å². The highest BCUT2D eigenvalue weighted by atomic mass is 16.4. The lowest BCUT2D eigenvalue weighted by atomic mass is 9.99. The van der Waals surface area contributed by atoms with E-state index < -0.39 is 11.9 Å². The first-order valence-electron chi connectivity index (χ1n) is 6.27. The van der Waals surface area contributed by atoms with E-state index in [4.69, 9.17) is 5.11 Å². The van der Waals surface area contributed by atoms with E-state index in [2.05, 4.69) is 6.58 Å². The smallest absolute Gasteiger partial charge is 0.320 e. The van der Waals surface area contributed by atoms with Crippen molar-refractivity contribution in [2.24, 2.45) is 11.8 Å². The molecule has 0 saturated carbocycles. The summed E-state index contributed by atoms with van der Waals surface area (Å²) < 4.78 is 0. The fourth-order valence-corrected chi connectivity index (χ4v) is 2.28. The molecule has 1 aliphatic heterocycles. The second-order valence-electron chi connectivity index (χ2n) is 5.08. The van der Waals surface area contributed by atoms with Crippen LogP contribution in [0.15, 0.2) is 12.2 Å². The number of likely N-dealkylation sites (N-methyl/N-ethyl adjacent to an activating group) is 1. The van der Waals surface area contributed by atoms with Crippen molar-refractivity contribution in [3.63, 3.8) is 0 Å². The first-order valence-corrected chi connectivity index (χ1v) is 6.27. The molecule has 1 saturated heterocycles. The van der Waals surface area contributed by atoms with Gasteiger partial charge >= 0.3 is 12.0 Å². The molecule has 18 heavy (non-hydrogen) atoms. The number of urea groups is 1. The Balaban J connectivity index is 2.68. The highest BCUT2D eigenvalue weighted by Gasteiger charge is 2.38. The minimum Gasteiger partial charge on any atom is -0.481 e. The number of amides is 2. The summed E-state index contributed by atoms with van der Waals surface area (Å²) in [6.07, 6.45) is 0. The van der Waals surface area contributed by atoms with Crippen molar-refractivity contribution >= 4 is 12.0 Å². The van der Waals surface area contributed by atoms with E-state index in [0.29, 0.717) is 26.2 Å². The van der Waals surface area contributed by atoms with Crippen molar-refractivity contribution in [3.05, 3.63) is 12.2 Å². The van der Waals surface area contributed by atoms with Gasteiger partial charge in [0.25, 0.3) is 0 Å².